The Morgan fingerprint density at radius 2 is 1.67 bits per heavy atom. The molecule has 0 saturated carbocycles. The van der Waals surface area contributed by atoms with Gasteiger partial charge in [-0.1, -0.05) is 50.3 Å². The zero-order valence-corrected chi connectivity index (χ0v) is 26.5. The Hall–Kier alpha value is -2.14. The van der Waals surface area contributed by atoms with Crippen LogP contribution in [-0.4, -0.2) is 86.6 Å². The van der Waals surface area contributed by atoms with Crippen LogP contribution in [0.15, 0.2) is 47.6 Å². The molecule has 0 aromatic heterocycles. The van der Waals surface area contributed by atoms with Crippen LogP contribution in [-0.2, 0) is 19.1 Å². The van der Waals surface area contributed by atoms with Crippen molar-refractivity contribution in [2.75, 3.05) is 7.11 Å². The predicted octanol–water partition coefficient (Wildman–Crippen LogP) is 3.72. The van der Waals surface area contributed by atoms with Crippen molar-refractivity contribution >= 4 is 11.8 Å². The third-order valence-corrected chi connectivity index (χ3v) is 7.93. The number of carbonyl (C=O) groups excluding carboxylic acids is 2. The number of esters is 1. The topological polar surface area (TPSA) is 154 Å². The van der Waals surface area contributed by atoms with Crippen LogP contribution in [0.3, 0.4) is 0 Å². The molecule has 0 amide bonds. The molecular weight excluding hydrogens is 540 g/mol. The Morgan fingerprint density at radius 3 is 2.29 bits per heavy atom. The molecule has 9 unspecified atom stereocenters. The fourth-order valence-electron chi connectivity index (χ4n) is 5.20. The number of ketones is 1. The third kappa shape index (κ3) is 13.0. The molecule has 0 aliphatic carbocycles. The van der Waals surface area contributed by atoms with Gasteiger partial charge in [0, 0.05) is 25.5 Å². The van der Waals surface area contributed by atoms with E-state index < -0.39 is 66.3 Å². The van der Waals surface area contributed by atoms with E-state index in [4.69, 9.17) is 9.47 Å². The summed E-state index contributed by atoms with van der Waals surface area (Å²) in [7, 11) is 1.54. The van der Waals surface area contributed by atoms with Crippen LogP contribution in [0, 0.1) is 11.8 Å². The molecule has 1 heterocycles. The van der Waals surface area contributed by atoms with Crippen molar-refractivity contribution < 1.29 is 44.6 Å². The summed E-state index contributed by atoms with van der Waals surface area (Å²) in [5.74, 6) is -1.76. The monoisotopic (exact) mass is 594 g/mol. The zero-order valence-electron chi connectivity index (χ0n) is 26.5. The largest absolute Gasteiger partial charge is 0.459 e. The molecular formula is C33H54O9. The van der Waals surface area contributed by atoms with Gasteiger partial charge in [0.1, 0.15) is 12.2 Å². The normalized spacial score (nSPS) is 39.9. The van der Waals surface area contributed by atoms with E-state index in [1.54, 1.807) is 47.0 Å². The molecule has 9 atom stereocenters. The van der Waals surface area contributed by atoms with Gasteiger partial charge in [0.2, 0.25) is 0 Å². The van der Waals surface area contributed by atoms with Crippen LogP contribution < -0.4 is 0 Å². The molecule has 1 rings (SSSR count). The molecule has 5 N–H and O–H groups in total. The fraction of sp³-hybridized carbons (Fsp3) is 0.697. The highest BCUT2D eigenvalue weighted by Gasteiger charge is 2.33. The minimum absolute atomic E-state index is 0.0589. The van der Waals surface area contributed by atoms with E-state index in [1.807, 2.05) is 19.1 Å². The Balaban J connectivity index is 3.16. The quantitative estimate of drug-likeness (QED) is 0.226. The fourth-order valence-corrected chi connectivity index (χ4v) is 5.20. The van der Waals surface area contributed by atoms with E-state index in [2.05, 4.69) is 6.58 Å². The minimum atomic E-state index is -1.73. The van der Waals surface area contributed by atoms with Crippen molar-refractivity contribution in [1.29, 1.82) is 0 Å². The zero-order chi connectivity index (χ0) is 32.2. The summed E-state index contributed by atoms with van der Waals surface area (Å²) in [6.07, 6.45) is 2.84. The number of aliphatic hydroxyl groups is 5. The number of rotatable bonds is 1. The maximum atomic E-state index is 12.7. The average molecular weight is 595 g/mol. The standard InChI is InChI=1S/C33H54O9/c1-20-14-21(2)16-27(35)29(41-8)13-11-9-10-12-22(3)32(39)42-25(6)17-23(4)30(37)31(38)28(36)18-26(34)19-33(7,40)24(5)15-20/h11-13,15,21,23,25-27,29-31,34-35,37-38,40H,1,9-10,14,16-19H2,2-8H3/b13-11+,22-12+,24-15+. The van der Waals surface area contributed by atoms with Crippen molar-refractivity contribution in [3.05, 3.63) is 47.6 Å². The molecule has 42 heavy (non-hydrogen) atoms. The first-order chi connectivity index (χ1) is 19.5. The van der Waals surface area contributed by atoms with Crippen LogP contribution in [0.5, 0.6) is 0 Å². The van der Waals surface area contributed by atoms with Gasteiger partial charge in [-0.25, -0.2) is 4.79 Å². The molecule has 1 aliphatic heterocycles. The van der Waals surface area contributed by atoms with Crippen molar-refractivity contribution in [3.8, 4) is 0 Å². The summed E-state index contributed by atoms with van der Waals surface area (Å²) in [4.78, 5) is 25.2. The number of allylic oxidation sites excluding steroid dienone is 4. The van der Waals surface area contributed by atoms with E-state index >= 15 is 0 Å². The minimum Gasteiger partial charge on any atom is -0.459 e. The molecule has 0 bridgehead atoms. The molecule has 240 valence electrons. The lowest BCUT2D eigenvalue weighted by Crippen LogP contribution is -2.41. The summed E-state index contributed by atoms with van der Waals surface area (Å²) in [5.41, 5.74) is 0.274. The Labute approximate surface area is 251 Å². The van der Waals surface area contributed by atoms with Crippen molar-refractivity contribution in [2.24, 2.45) is 11.8 Å². The Morgan fingerprint density at radius 1 is 1.02 bits per heavy atom. The highest BCUT2D eigenvalue weighted by molar-refractivity contribution is 5.87. The summed E-state index contributed by atoms with van der Waals surface area (Å²) >= 11 is 0. The Bertz CT molecular complexity index is 980. The Kier molecular flexibility index (Phi) is 16.1. The second-order valence-electron chi connectivity index (χ2n) is 12.4. The second-order valence-corrected chi connectivity index (χ2v) is 12.4. The maximum Gasteiger partial charge on any atom is 0.333 e. The lowest BCUT2D eigenvalue weighted by Gasteiger charge is -2.29. The van der Waals surface area contributed by atoms with Crippen molar-refractivity contribution in [3.63, 3.8) is 0 Å². The first-order valence-electron chi connectivity index (χ1n) is 14.9. The molecule has 0 spiro atoms. The van der Waals surface area contributed by atoms with Gasteiger partial charge in [-0.15, -0.1) is 0 Å². The van der Waals surface area contributed by atoms with Gasteiger partial charge in [0.15, 0.2) is 5.78 Å². The SMILES string of the molecule is C=C1/C=C(\C)C(C)(O)CC(O)CC(=O)C(O)C(O)C(C)CC(C)OC(=O)/C(C)=C/CC/C=C/C(OC)C(O)CC(C)C1. The summed E-state index contributed by atoms with van der Waals surface area (Å²) in [6, 6.07) is 0. The van der Waals surface area contributed by atoms with Gasteiger partial charge < -0.3 is 35.0 Å². The smallest absolute Gasteiger partial charge is 0.333 e. The van der Waals surface area contributed by atoms with Crippen molar-refractivity contribution in [1.82, 2.24) is 0 Å². The second kappa shape index (κ2) is 17.9. The molecule has 0 aromatic rings. The molecule has 0 saturated heterocycles. The van der Waals surface area contributed by atoms with Crippen LogP contribution in [0.25, 0.3) is 0 Å². The predicted molar refractivity (Wildman–Crippen MR) is 162 cm³/mol. The molecule has 0 aromatic carbocycles. The first kappa shape index (κ1) is 37.9. The van der Waals surface area contributed by atoms with Crippen LogP contribution in [0.2, 0.25) is 0 Å². The number of aliphatic hydroxyl groups excluding tert-OH is 4. The van der Waals surface area contributed by atoms with Crippen molar-refractivity contribution in [2.45, 2.75) is 129 Å². The van der Waals surface area contributed by atoms with Crippen LogP contribution in [0.4, 0.5) is 0 Å². The average Bonchev–Trinajstić information content (AvgIpc) is 2.87. The van der Waals surface area contributed by atoms with Gasteiger partial charge in [0.25, 0.3) is 0 Å². The van der Waals surface area contributed by atoms with Crippen LogP contribution >= 0.6 is 0 Å². The van der Waals surface area contributed by atoms with E-state index in [9.17, 15) is 35.1 Å². The van der Waals surface area contributed by atoms with Gasteiger partial charge in [0.05, 0.1) is 30.0 Å². The van der Waals surface area contributed by atoms with Gasteiger partial charge in [-0.05, 0) is 77.2 Å². The van der Waals surface area contributed by atoms with E-state index in [1.165, 1.54) is 6.92 Å². The molecule has 1 aliphatic rings. The number of methoxy groups -OCH3 is 1. The number of hydrogen-bond donors (Lipinski definition) is 5. The van der Waals surface area contributed by atoms with Gasteiger partial charge in [-0.3, -0.25) is 4.79 Å². The summed E-state index contributed by atoms with van der Waals surface area (Å²) in [5, 5.41) is 53.4. The molecule has 9 nitrogen and oxygen atoms in total. The van der Waals surface area contributed by atoms with Gasteiger partial charge in [-0.2, -0.15) is 0 Å². The molecule has 0 fully saturated rings. The maximum absolute atomic E-state index is 12.7. The number of Topliss-reactive ketones (excluding diaryl/α,β-unsaturated/α-hetero) is 1. The number of cyclic esters (lactones) is 1. The van der Waals surface area contributed by atoms with E-state index in [-0.39, 0.29) is 18.8 Å². The van der Waals surface area contributed by atoms with Gasteiger partial charge >= 0.3 is 5.97 Å². The first-order valence-corrected chi connectivity index (χ1v) is 14.9. The lowest BCUT2D eigenvalue weighted by atomic mass is 9.85. The summed E-state index contributed by atoms with van der Waals surface area (Å²) < 4.78 is 11.0. The van der Waals surface area contributed by atoms with Crippen LogP contribution in [0.1, 0.15) is 86.5 Å². The highest BCUT2D eigenvalue weighted by atomic mass is 16.5. The van der Waals surface area contributed by atoms with E-state index in [0.717, 1.165) is 5.57 Å². The number of hydrogen-bond acceptors (Lipinski definition) is 9. The highest BCUT2D eigenvalue weighted by Crippen LogP contribution is 2.27. The number of ether oxygens (including phenoxy) is 2. The van der Waals surface area contributed by atoms with E-state index in [0.29, 0.717) is 36.8 Å². The molecule has 0 radical (unpaired) electrons. The third-order valence-electron chi connectivity index (χ3n) is 7.93. The number of carbonyl (C=O) groups is 2. The molecule has 9 heteroatoms. The lowest BCUT2D eigenvalue weighted by molar-refractivity contribution is -0.146. The summed E-state index contributed by atoms with van der Waals surface area (Å²) in [6.45, 7) is 14.3.